The summed E-state index contributed by atoms with van der Waals surface area (Å²) in [5, 5.41) is 2.35. The molecule has 324 valence electrons. The third-order valence-electron chi connectivity index (χ3n) is 10.7. The van der Waals surface area contributed by atoms with Gasteiger partial charge in [-0.05, 0) is 106 Å². The zero-order valence-corrected chi connectivity index (χ0v) is 36.2. The van der Waals surface area contributed by atoms with Crippen LogP contribution in [0.25, 0.3) is 10.4 Å². The number of rotatable bonds is 7. The van der Waals surface area contributed by atoms with Crippen molar-refractivity contribution in [3.05, 3.63) is 143 Å². The van der Waals surface area contributed by atoms with Crippen molar-refractivity contribution in [2.45, 2.75) is 80.6 Å². The van der Waals surface area contributed by atoms with Crippen LogP contribution in [0.15, 0.2) is 98.1 Å². The molecule has 8 nitrogen and oxygen atoms in total. The fraction of sp³-hybridized carbons (Fsp3) is 0.360. The lowest BCUT2D eigenvalue weighted by Gasteiger charge is -2.52. The second kappa shape index (κ2) is 22.4. The van der Waals surface area contributed by atoms with Crippen LogP contribution < -0.4 is 15.1 Å². The van der Waals surface area contributed by atoms with Gasteiger partial charge in [0.05, 0.1) is 10.6 Å². The minimum absolute atomic E-state index is 0. The molecule has 8 rings (SSSR count). The van der Waals surface area contributed by atoms with E-state index in [2.05, 4.69) is 49.4 Å². The lowest BCUT2D eigenvalue weighted by atomic mass is 9.73. The first kappa shape index (κ1) is 48.1. The van der Waals surface area contributed by atoms with Crippen molar-refractivity contribution in [1.29, 1.82) is 0 Å². The predicted octanol–water partition coefficient (Wildman–Crippen LogP) is 11.7. The van der Waals surface area contributed by atoms with Crippen molar-refractivity contribution in [3.8, 4) is 10.4 Å². The Hall–Kier alpha value is -5.52. The van der Waals surface area contributed by atoms with Gasteiger partial charge in [0, 0.05) is 60.0 Å². The van der Waals surface area contributed by atoms with Gasteiger partial charge in [0.2, 0.25) is 0 Å². The minimum Gasteiger partial charge on any atom is -0.381 e. The maximum Gasteiger partial charge on any atom is 0.265 e. The number of ether oxygens (including phenoxy) is 1. The molecule has 0 unspecified atom stereocenters. The van der Waals surface area contributed by atoms with E-state index in [9.17, 15) is 23.2 Å². The topological polar surface area (TPSA) is 91.8 Å². The SMILES string of the molecule is C.C=C.CC(C)=O.CCCc1nc(N2CC3(CCOCC3)C2)ccc1CC.Cc1ccc(C(=O)N2CCc3cc(C(=O)Nc4c(F)cccc4F)sc3-c3ccccc32)cc1. The van der Waals surface area contributed by atoms with Crippen LogP contribution in [0.1, 0.15) is 96.8 Å². The molecule has 3 aliphatic heterocycles. The second-order valence-corrected chi connectivity index (χ2v) is 16.4. The Morgan fingerprint density at radius 2 is 1.54 bits per heavy atom. The molecule has 5 heterocycles. The quantitative estimate of drug-likeness (QED) is 0.164. The number of Topliss-reactive ketones (excluding diaryl/α,β-unsaturated/α-hetero) is 1. The number of aromatic nitrogens is 1. The molecule has 0 saturated carbocycles. The number of amides is 2. The van der Waals surface area contributed by atoms with E-state index in [1.165, 1.54) is 80.7 Å². The molecule has 0 bridgehead atoms. The zero-order valence-electron chi connectivity index (χ0n) is 35.4. The van der Waals surface area contributed by atoms with E-state index in [0.717, 1.165) is 65.4 Å². The summed E-state index contributed by atoms with van der Waals surface area (Å²) in [6.45, 7) is 20.1. The van der Waals surface area contributed by atoms with Crippen LogP contribution in [0, 0.1) is 24.0 Å². The molecule has 0 aliphatic carbocycles. The number of nitrogens with one attached hydrogen (secondary N) is 1. The number of fused-ring (bicyclic) bond motifs is 3. The number of hydrogen-bond donors (Lipinski definition) is 1. The molecule has 1 N–H and O–H groups in total. The third kappa shape index (κ3) is 11.9. The Morgan fingerprint density at radius 1 is 0.902 bits per heavy atom. The van der Waals surface area contributed by atoms with Crippen LogP contribution in [-0.4, -0.2) is 55.4 Å². The molecule has 2 amide bonds. The highest BCUT2D eigenvalue weighted by Gasteiger charge is 2.44. The van der Waals surface area contributed by atoms with Gasteiger partial charge in [-0.25, -0.2) is 13.8 Å². The van der Waals surface area contributed by atoms with Crippen molar-refractivity contribution in [3.63, 3.8) is 0 Å². The summed E-state index contributed by atoms with van der Waals surface area (Å²) in [6, 6.07) is 24.7. The van der Waals surface area contributed by atoms with E-state index >= 15 is 0 Å². The number of anilines is 3. The molecule has 2 saturated heterocycles. The molecule has 5 aromatic rings. The summed E-state index contributed by atoms with van der Waals surface area (Å²) in [5.74, 6) is -0.977. The molecule has 3 aliphatic rings. The molecule has 1 spiro atoms. The summed E-state index contributed by atoms with van der Waals surface area (Å²) in [4.78, 5) is 46.0. The van der Waals surface area contributed by atoms with Gasteiger partial charge in [-0.2, -0.15) is 0 Å². The summed E-state index contributed by atoms with van der Waals surface area (Å²) in [5.41, 5.74) is 6.99. The first-order chi connectivity index (χ1) is 28.9. The second-order valence-electron chi connectivity index (χ2n) is 15.4. The number of carbonyl (C=O) groups is 3. The lowest BCUT2D eigenvalue weighted by Crippen LogP contribution is -2.58. The Bertz CT molecular complexity index is 2240. The molecular formula is C50H60F2N4O4S. The summed E-state index contributed by atoms with van der Waals surface area (Å²) in [7, 11) is 0. The zero-order chi connectivity index (χ0) is 43.4. The number of halogens is 2. The van der Waals surface area contributed by atoms with E-state index in [1.54, 1.807) is 11.0 Å². The molecular weight excluding hydrogens is 791 g/mol. The van der Waals surface area contributed by atoms with Crippen LogP contribution in [0.3, 0.4) is 0 Å². The number of pyridine rings is 1. The Labute approximate surface area is 364 Å². The van der Waals surface area contributed by atoms with Gasteiger partial charge in [-0.1, -0.05) is 75.7 Å². The van der Waals surface area contributed by atoms with E-state index in [4.69, 9.17) is 9.72 Å². The Kier molecular flexibility index (Phi) is 17.6. The number of hydrogen-bond acceptors (Lipinski definition) is 7. The number of benzene rings is 3. The normalized spacial score (nSPS) is 14.3. The average molecular weight is 851 g/mol. The van der Waals surface area contributed by atoms with Crippen LogP contribution in [0.5, 0.6) is 0 Å². The number of ketones is 1. The van der Waals surface area contributed by atoms with Gasteiger partial charge in [-0.3, -0.25) is 9.59 Å². The number of carbonyl (C=O) groups excluding carboxylic acids is 3. The summed E-state index contributed by atoms with van der Waals surface area (Å²) in [6.07, 6.45) is 6.34. The highest BCUT2D eigenvalue weighted by Crippen LogP contribution is 2.43. The Morgan fingerprint density at radius 3 is 2.16 bits per heavy atom. The average Bonchev–Trinajstić information content (AvgIpc) is 3.60. The molecule has 0 atom stereocenters. The van der Waals surface area contributed by atoms with Crippen molar-refractivity contribution >= 4 is 46.1 Å². The molecule has 3 aromatic carbocycles. The lowest BCUT2D eigenvalue weighted by molar-refractivity contribution is -0.115. The van der Waals surface area contributed by atoms with Gasteiger partial charge in [-0.15, -0.1) is 24.5 Å². The van der Waals surface area contributed by atoms with Crippen molar-refractivity contribution in [1.82, 2.24) is 4.98 Å². The predicted molar refractivity (Wildman–Crippen MR) is 247 cm³/mol. The summed E-state index contributed by atoms with van der Waals surface area (Å²) < 4.78 is 33.5. The van der Waals surface area contributed by atoms with Crippen LogP contribution in [-0.2, 0) is 28.8 Å². The first-order valence-corrected chi connectivity index (χ1v) is 21.4. The Balaban J connectivity index is 0.000000258. The molecule has 2 aromatic heterocycles. The van der Waals surface area contributed by atoms with Crippen molar-refractivity contribution in [2.24, 2.45) is 5.41 Å². The monoisotopic (exact) mass is 850 g/mol. The molecule has 0 radical (unpaired) electrons. The fourth-order valence-electron chi connectivity index (χ4n) is 7.58. The minimum atomic E-state index is -0.831. The van der Waals surface area contributed by atoms with Crippen molar-refractivity contribution in [2.75, 3.05) is 48.0 Å². The highest BCUT2D eigenvalue weighted by molar-refractivity contribution is 7.17. The molecule has 2 fully saturated rings. The summed E-state index contributed by atoms with van der Waals surface area (Å²) >= 11 is 1.25. The van der Waals surface area contributed by atoms with E-state index in [-0.39, 0.29) is 19.1 Å². The number of para-hydroxylation sites is 2. The molecule has 61 heavy (non-hydrogen) atoms. The van der Waals surface area contributed by atoms with Gasteiger partial charge >= 0.3 is 0 Å². The van der Waals surface area contributed by atoms with Gasteiger partial charge < -0.3 is 24.6 Å². The van der Waals surface area contributed by atoms with Crippen LogP contribution in [0.2, 0.25) is 0 Å². The van der Waals surface area contributed by atoms with E-state index in [1.807, 2.05) is 55.5 Å². The standard InChI is InChI=1S/C27H20F2N2O2S.C17H26N2O.C3H6O.C2H4.CH4/c1-16-9-11-17(12-10-16)27(33)31-14-13-18-15-23(34-25(18)19-5-2-3-8-22(19)31)26(32)30-24-20(28)6-4-7-21(24)29;1-3-5-15-14(4-2)6-7-16(18-15)19-12-17(13-19)8-10-20-11-9-17;1-3(2)4;1-2;/h2-12,15H,13-14H2,1H3,(H,30,32);6-7H,3-5,8-13H2,1-2H3;1-2H3;1-2H2;1H4. The highest BCUT2D eigenvalue weighted by atomic mass is 32.1. The number of thiophene rings is 1. The molecule has 11 heteroatoms. The number of nitrogens with zero attached hydrogens (tertiary/aromatic N) is 3. The van der Waals surface area contributed by atoms with Gasteiger partial charge in [0.25, 0.3) is 11.8 Å². The van der Waals surface area contributed by atoms with Crippen LogP contribution >= 0.6 is 11.3 Å². The van der Waals surface area contributed by atoms with Crippen LogP contribution in [0.4, 0.5) is 26.0 Å². The van der Waals surface area contributed by atoms with Crippen molar-refractivity contribution < 1.29 is 27.9 Å². The number of aryl methyl sites for hydroxylation is 3. The first-order valence-electron chi connectivity index (χ1n) is 20.6. The van der Waals surface area contributed by atoms with E-state index < -0.39 is 23.2 Å². The maximum atomic E-state index is 14.0. The van der Waals surface area contributed by atoms with Gasteiger partial charge in [0.1, 0.15) is 28.9 Å². The van der Waals surface area contributed by atoms with E-state index in [0.29, 0.717) is 28.8 Å². The maximum absolute atomic E-state index is 14.0. The fourth-order valence-corrected chi connectivity index (χ4v) is 8.72. The largest absolute Gasteiger partial charge is 0.381 e. The third-order valence-corrected chi connectivity index (χ3v) is 11.9. The van der Waals surface area contributed by atoms with Gasteiger partial charge in [0.15, 0.2) is 0 Å². The smallest absolute Gasteiger partial charge is 0.265 e.